The molecule has 8 heteroatoms. The zero-order valence-corrected chi connectivity index (χ0v) is 36.1. The van der Waals surface area contributed by atoms with Crippen molar-refractivity contribution in [2.45, 2.75) is 157 Å². The first-order chi connectivity index (χ1) is 23.0. The number of aliphatic imine (C=N–C) groups is 2. The van der Waals surface area contributed by atoms with Gasteiger partial charge < -0.3 is 37.2 Å². The van der Waals surface area contributed by atoms with Crippen molar-refractivity contribution in [3.05, 3.63) is 86.2 Å². The number of benzene rings is 2. The largest absolute Gasteiger partial charge is 3.00 e. The number of halogens is 4. The van der Waals surface area contributed by atoms with Gasteiger partial charge in [0.05, 0.1) is 35.2 Å². The number of aromatic nitrogens is 1. The molecule has 2 aromatic carbocycles. The fourth-order valence-corrected chi connectivity index (χ4v) is 6.43. The fraction of sp³-hybridized carbons (Fsp3) is 0.558. The summed E-state index contributed by atoms with van der Waals surface area (Å²) in [5, 5.41) is 0.655. The van der Waals surface area contributed by atoms with Gasteiger partial charge in [0.25, 0.3) is 0 Å². The molecule has 0 aliphatic carbocycles. The number of unbranched alkanes of at least 4 members (excludes halogenated alkanes) is 6. The van der Waals surface area contributed by atoms with Crippen LogP contribution in [0.4, 0.5) is 11.4 Å². The molecule has 286 valence electrons. The van der Waals surface area contributed by atoms with Crippen LogP contribution in [0.15, 0.2) is 46.4 Å². The van der Waals surface area contributed by atoms with Crippen LogP contribution in [-0.2, 0) is 55.3 Å². The minimum absolute atomic E-state index is 0. The molecule has 1 heterocycles. The number of hydrogen-bond donors (Lipinski definition) is 0. The molecule has 0 atom stereocenters. The van der Waals surface area contributed by atoms with Crippen LogP contribution >= 0.6 is 11.6 Å². The maximum atomic E-state index is 6.69. The van der Waals surface area contributed by atoms with E-state index < -0.39 is 0 Å². The number of rotatable bonds is 22. The summed E-state index contributed by atoms with van der Waals surface area (Å²) in [4.78, 5) is 15.3. The Kier molecular flexibility index (Phi) is 30.4. The third kappa shape index (κ3) is 18.0. The van der Waals surface area contributed by atoms with Crippen LogP contribution in [0.1, 0.15) is 163 Å². The summed E-state index contributed by atoms with van der Waals surface area (Å²) < 4.78 is 0. The van der Waals surface area contributed by atoms with E-state index in [9.17, 15) is 0 Å². The Morgan fingerprint density at radius 1 is 0.471 bits per heavy atom. The predicted octanol–water partition coefficient (Wildman–Crippen LogP) is 4.30. The molecule has 3 rings (SSSR count). The van der Waals surface area contributed by atoms with Crippen LogP contribution in [0.25, 0.3) is 0 Å². The molecule has 0 aliphatic rings. The van der Waals surface area contributed by atoms with E-state index in [2.05, 4.69) is 65.8 Å². The van der Waals surface area contributed by atoms with E-state index >= 15 is 0 Å². The van der Waals surface area contributed by atoms with Gasteiger partial charge in [-0.05, 0) is 123 Å². The molecule has 3 nitrogen and oxygen atoms in total. The van der Waals surface area contributed by atoms with Gasteiger partial charge in [-0.2, -0.15) is 0 Å². The zero-order valence-electron chi connectivity index (χ0n) is 32.0. The maximum absolute atomic E-state index is 6.69. The average Bonchev–Trinajstić information content (AvgIpc) is 3.07. The summed E-state index contributed by atoms with van der Waals surface area (Å²) in [5.41, 5.74) is 12.2. The van der Waals surface area contributed by atoms with Crippen LogP contribution in [0.5, 0.6) is 0 Å². The van der Waals surface area contributed by atoms with Crippen LogP contribution in [0, 0.1) is 0 Å². The van der Waals surface area contributed by atoms with Gasteiger partial charge in [0.15, 0.2) is 0 Å². The number of pyridine rings is 1. The van der Waals surface area contributed by atoms with E-state index in [1.165, 1.54) is 110 Å². The summed E-state index contributed by atoms with van der Waals surface area (Å²) >= 11 is 6.69. The Balaban J connectivity index is 0. The second-order valence-electron chi connectivity index (χ2n) is 13.3. The van der Waals surface area contributed by atoms with Crippen molar-refractivity contribution in [2.24, 2.45) is 9.98 Å². The van der Waals surface area contributed by atoms with Crippen molar-refractivity contribution >= 4 is 35.4 Å². The van der Waals surface area contributed by atoms with Crippen molar-refractivity contribution < 1.29 is 54.0 Å². The first-order valence-corrected chi connectivity index (χ1v) is 19.4. The molecule has 0 saturated carbocycles. The van der Waals surface area contributed by atoms with Gasteiger partial charge in [-0.3, -0.25) is 9.98 Å². The molecule has 0 unspecified atom stereocenters. The van der Waals surface area contributed by atoms with Crippen molar-refractivity contribution in [1.29, 1.82) is 0 Å². The van der Waals surface area contributed by atoms with Crippen LogP contribution < -0.4 is 37.2 Å². The summed E-state index contributed by atoms with van der Waals surface area (Å²) in [6.07, 6.45) is 24.6. The third-order valence-electron chi connectivity index (χ3n) is 8.97. The molecule has 0 saturated heterocycles. The molecule has 0 radical (unpaired) electrons. The Morgan fingerprint density at radius 3 is 1.02 bits per heavy atom. The van der Waals surface area contributed by atoms with Gasteiger partial charge >= 0.3 is 16.8 Å². The van der Waals surface area contributed by atoms with E-state index in [0.717, 1.165) is 61.3 Å². The molecular weight excluding hydrogens is 759 g/mol. The molecule has 3 aromatic rings. The van der Waals surface area contributed by atoms with Gasteiger partial charge in [-0.15, -0.1) is 0 Å². The molecule has 0 spiro atoms. The Morgan fingerprint density at radius 2 is 0.745 bits per heavy atom. The van der Waals surface area contributed by atoms with Crippen molar-refractivity contribution in [3.63, 3.8) is 0 Å². The summed E-state index contributed by atoms with van der Waals surface area (Å²) in [5.74, 6) is 0. The number of hydrogen-bond acceptors (Lipinski definition) is 3. The standard InChI is InChI=1S/C43H62ClN3.3ClH.Co/c1-7-13-19-33-25-35(21-15-9-3)42(36(26-33)22-16-10-4)45-31-40-29-39(44)30-41(47-40)32-46-43-37(23-17-11-5)27-34(20-14-8-2)28-38(43)24-18-12-6;;;;/h25-32H,7-24H2,1-6H3;3*1H;/q;;;;+3/p-3. The zero-order chi connectivity index (χ0) is 33.9. The molecule has 0 N–H and O–H groups in total. The van der Waals surface area contributed by atoms with Crippen molar-refractivity contribution in [1.82, 2.24) is 4.98 Å². The second kappa shape index (κ2) is 30.0. The normalized spacial score (nSPS) is 10.9. The fourth-order valence-electron chi connectivity index (χ4n) is 6.21. The molecule has 1 aromatic heterocycles. The first-order valence-electron chi connectivity index (χ1n) is 19.0. The first kappa shape index (κ1) is 51.7. The quantitative estimate of drug-likeness (QED) is 0.140. The minimum atomic E-state index is 0. The summed E-state index contributed by atoms with van der Waals surface area (Å²) in [6, 6.07) is 13.5. The monoisotopic (exact) mass is 819 g/mol. The Hall–Kier alpha value is -1.40. The summed E-state index contributed by atoms with van der Waals surface area (Å²) in [7, 11) is 0. The van der Waals surface area contributed by atoms with Gasteiger partial charge in [0, 0.05) is 5.02 Å². The molecule has 51 heavy (non-hydrogen) atoms. The smallest absolute Gasteiger partial charge is 1.00 e. The van der Waals surface area contributed by atoms with Gasteiger partial charge in [0.2, 0.25) is 0 Å². The molecule has 0 aliphatic heterocycles. The van der Waals surface area contributed by atoms with E-state index in [4.69, 9.17) is 26.6 Å². The van der Waals surface area contributed by atoms with Crippen LogP contribution in [-0.4, -0.2) is 17.4 Å². The second-order valence-corrected chi connectivity index (χ2v) is 13.7. The van der Waals surface area contributed by atoms with Gasteiger partial charge in [-0.25, -0.2) is 4.98 Å². The number of nitrogens with zero attached hydrogens (tertiary/aromatic N) is 3. The molecule has 0 bridgehead atoms. The van der Waals surface area contributed by atoms with E-state index in [1.54, 1.807) is 0 Å². The van der Waals surface area contributed by atoms with E-state index in [0.29, 0.717) is 5.02 Å². The Labute approximate surface area is 345 Å². The Bertz CT molecular complexity index is 1280. The summed E-state index contributed by atoms with van der Waals surface area (Å²) in [6.45, 7) is 13.6. The molecular formula is C43H62Cl4CoN3. The van der Waals surface area contributed by atoms with Crippen LogP contribution in [0.3, 0.4) is 0 Å². The van der Waals surface area contributed by atoms with E-state index in [-0.39, 0.29) is 54.0 Å². The van der Waals surface area contributed by atoms with Gasteiger partial charge in [-0.1, -0.05) is 116 Å². The molecule has 0 fully saturated rings. The third-order valence-corrected chi connectivity index (χ3v) is 9.19. The molecule has 0 amide bonds. The van der Waals surface area contributed by atoms with E-state index in [1.807, 2.05) is 24.6 Å². The predicted molar refractivity (Wildman–Crippen MR) is 208 cm³/mol. The van der Waals surface area contributed by atoms with Crippen molar-refractivity contribution in [2.75, 3.05) is 0 Å². The SMILES string of the molecule is CCCCc1cc(CCCC)c(N=Cc2cc(Cl)cc(C=Nc3c(CCCC)cc(CCCC)cc3CCCC)n2)c(CCCC)c1.[Cl-].[Cl-].[Cl-].[Co+3]. The minimum Gasteiger partial charge on any atom is -1.00 e. The topological polar surface area (TPSA) is 37.6 Å². The van der Waals surface area contributed by atoms with Crippen LogP contribution in [0.2, 0.25) is 5.02 Å². The number of aryl methyl sites for hydroxylation is 6. The average molecular weight is 822 g/mol. The maximum Gasteiger partial charge on any atom is 3.00 e. The van der Waals surface area contributed by atoms with Gasteiger partial charge in [0.1, 0.15) is 0 Å². The van der Waals surface area contributed by atoms with Crippen molar-refractivity contribution in [3.8, 4) is 0 Å².